The maximum atomic E-state index is 5.41. The number of oxime groups is 2. The van der Waals surface area contributed by atoms with Crippen molar-refractivity contribution in [1.82, 2.24) is 0 Å². The van der Waals surface area contributed by atoms with E-state index in [2.05, 4.69) is 38.0 Å². The number of nitrogens with zero attached hydrogens (tertiary/aromatic N) is 2. The SMILES string of the molecule is CO[Si](C)(ON=C(C)C(C)C)ON=C(C)C(C)C. The lowest BCUT2D eigenvalue weighted by atomic mass is 10.1. The zero-order chi connectivity index (χ0) is 14.3. The number of hydrogen-bond donors (Lipinski definition) is 0. The Morgan fingerprint density at radius 2 is 1.22 bits per heavy atom. The topological polar surface area (TPSA) is 52.4 Å². The molecule has 0 spiro atoms. The van der Waals surface area contributed by atoms with Gasteiger partial charge in [-0.15, -0.1) is 10.3 Å². The van der Waals surface area contributed by atoms with Crippen LogP contribution >= 0.6 is 0 Å². The fourth-order valence-electron chi connectivity index (χ4n) is 0.612. The average molecular weight is 274 g/mol. The molecule has 106 valence electrons. The lowest BCUT2D eigenvalue weighted by molar-refractivity contribution is 0.0892. The van der Waals surface area contributed by atoms with Gasteiger partial charge in [-0.05, 0) is 25.7 Å². The summed E-state index contributed by atoms with van der Waals surface area (Å²) in [6.45, 7) is 13.8. The van der Waals surface area contributed by atoms with E-state index in [9.17, 15) is 0 Å². The minimum atomic E-state index is -2.82. The van der Waals surface area contributed by atoms with E-state index in [1.807, 2.05) is 13.8 Å². The summed E-state index contributed by atoms with van der Waals surface area (Å²) in [5.41, 5.74) is 1.80. The van der Waals surface area contributed by atoms with Crippen molar-refractivity contribution in [3.05, 3.63) is 0 Å². The van der Waals surface area contributed by atoms with E-state index < -0.39 is 8.80 Å². The van der Waals surface area contributed by atoms with Gasteiger partial charge in [-0.25, -0.2) is 0 Å². The molecule has 0 aliphatic carbocycles. The van der Waals surface area contributed by atoms with Crippen LogP contribution < -0.4 is 0 Å². The smallest absolute Gasteiger partial charge is 0.383 e. The van der Waals surface area contributed by atoms with Crippen molar-refractivity contribution in [2.45, 2.75) is 48.1 Å². The highest BCUT2D eigenvalue weighted by Crippen LogP contribution is 2.11. The van der Waals surface area contributed by atoms with Gasteiger partial charge in [0.15, 0.2) is 0 Å². The van der Waals surface area contributed by atoms with Crippen LogP contribution in [-0.2, 0) is 13.5 Å². The van der Waals surface area contributed by atoms with E-state index in [0.717, 1.165) is 11.4 Å². The highest BCUT2D eigenvalue weighted by Gasteiger charge is 2.40. The molecule has 0 aromatic carbocycles. The van der Waals surface area contributed by atoms with E-state index >= 15 is 0 Å². The summed E-state index contributed by atoms with van der Waals surface area (Å²) in [5, 5.41) is 8.10. The average Bonchev–Trinajstić information content (AvgIpc) is 2.32. The van der Waals surface area contributed by atoms with Gasteiger partial charge in [0.1, 0.15) is 0 Å². The van der Waals surface area contributed by atoms with Crippen LogP contribution in [-0.4, -0.2) is 27.3 Å². The second-order valence-electron chi connectivity index (χ2n) is 5.02. The van der Waals surface area contributed by atoms with Crippen LogP contribution in [0.15, 0.2) is 10.3 Å². The molecule has 0 amide bonds. The van der Waals surface area contributed by atoms with Gasteiger partial charge in [0, 0.05) is 13.7 Å². The Bertz CT molecular complexity index is 288. The highest BCUT2D eigenvalue weighted by atomic mass is 28.4. The van der Waals surface area contributed by atoms with Gasteiger partial charge >= 0.3 is 8.80 Å². The number of rotatable bonds is 7. The Morgan fingerprint density at radius 1 is 0.889 bits per heavy atom. The van der Waals surface area contributed by atoms with Crippen LogP contribution in [0, 0.1) is 11.8 Å². The Morgan fingerprint density at radius 3 is 1.44 bits per heavy atom. The summed E-state index contributed by atoms with van der Waals surface area (Å²) < 4.78 is 16.1. The molecule has 0 radical (unpaired) electrons. The van der Waals surface area contributed by atoms with Gasteiger partial charge in [-0.1, -0.05) is 27.7 Å². The maximum absolute atomic E-state index is 5.41. The van der Waals surface area contributed by atoms with Gasteiger partial charge in [0.05, 0.1) is 11.4 Å². The minimum Gasteiger partial charge on any atom is -0.383 e. The van der Waals surface area contributed by atoms with Crippen molar-refractivity contribution in [2.24, 2.45) is 22.1 Å². The molecule has 0 saturated heterocycles. The first-order chi connectivity index (χ1) is 8.22. The highest BCUT2D eigenvalue weighted by molar-refractivity contribution is 6.59. The lowest BCUT2D eigenvalue weighted by Crippen LogP contribution is -2.39. The third-order valence-corrected chi connectivity index (χ3v) is 4.34. The fraction of sp³-hybridized carbons (Fsp3) is 0.833. The third-order valence-electron chi connectivity index (χ3n) is 2.75. The summed E-state index contributed by atoms with van der Waals surface area (Å²) in [6.07, 6.45) is 0. The largest absolute Gasteiger partial charge is 0.670 e. The molecule has 0 N–H and O–H groups in total. The molecular weight excluding hydrogens is 248 g/mol. The molecule has 0 atom stereocenters. The van der Waals surface area contributed by atoms with Crippen LogP contribution in [0.5, 0.6) is 0 Å². The third kappa shape index (κ3) is 6.16. The first-order valence-corrected chi connectivity index (χ1v) is 8.44. The predicted octanol–water partition coefficient (Wildman–Crippen LogP) is 3.30. The Labute approximate surface area is 112 Å². The van der Waals surface area contributed by atoms with Crippen molar-refractivity contribution in [2.75, 3.05) is 7.11 Å². The standard InChI is InChI=1S/C12H26N2O3Si/c1-9(2)11(5)13-16-18(8,15-7)17-14-12(6)10(3)4/h9-10H,1-8H3. The molecular formula is C12H26N2O3Si. The molecule has 0 bridgehead atoms. The van der Waals surface area contributed by atoms with Crippen molar-refractivity contribution in [3.8, 4) is 0 Å². The van der Waals surface area contributed by atoms with Crippen LogP contribution in [0.4, 0.5) is 0 Å². The summed E-state index contributed by atoms with van der Waals surface area (Å²) in [7, 11) is -1.27. The van der Waals surface area contributed by atoms with Gasteiger partial charge in [0.25, 0.3) is 0 Å². The molecule has 0 heterocycles. The molecule has 0 aromatic heterocycles. The molecule has 0 saturated carbocycles. The molecule has 0 fully saturated rings. The molecule has 6 heteroatoms. The summed E-state index contributed by atoms with van der Waals surface area (Å²) in [5.74, 6) is 0.669. The summed E-state index contributed by atoms with van der Waals surface area (Å²) >= 11 is 0. The molecule has 0 rings (SSSR count). The van der Waals surface area contributed by atoms with Gasteiger partial charge in [-0.2, -0.15) is 0 Å². The van der Waals surface area contributed by atoms with Crippen molar-refractivity contribution in [1.29, 1.82) is 0 Å². The monoisotopic (exact) mass is 274 g/mol. The van der Waals surface area contributed by atoms with E-state index in [0.29, 0.717) is 11.8 Å². The zero-order valence-electron chi connectivity index (χ0n) is 12.8. The van der Waals surface area contributed by atoms with E-state index in [1.165, 1.54) is 0 Å². The zero-order valence-corrected chi connectivity index (χ0v) is 13.8. The van der Waals surface area contributed by atoms with Crippen molar-refractivity contribution in [3.63, 3.8) is 0 Å². The molecule has 0 aromatic rings. The normalized spacial score (nSPS) is 17.0. The van der Waals surface area contributed by atoms with E-state index in [-0.39, 0.29) is 0 Å². The second kappa shape index (κ2) is 7.53. The molecule has 5 nitrogen and oxygen atoms in total. The van der Waals surface area contributed by atoms with Crippen LogP contribution in [0.25, 0.3) is 0 Å². The first kappa shape index (κ1) is 17.1. The quantitative estimate of drug-likeness (QED) is 0.406. The van der Waals surface area contributed by atoms with E-state index in [1.54, 1.807) is 13.7 Å². The predicted molar refractivity (Wildman–Crippen MR) is 76.7 cm³/mol. The lowest BCUT2D eigenvalue weighted by Gasteiger charge is -2.19. The van der Waals surface area contributed by atoms with Crippen LogP contribution in [0.3, 0.4) is 0 Å². The maximum Gasteiger partial charge on any atom is 0.670 e. The second-order valence-corrected chi connectivity index (χ2v) is 7.52. The first-order valence-electron chi connectivity index (χ1n) is 6.22. The van der Waals surface area contributed by atoms with Gasteiger partial charge in [-0.3, -0.25) is 0 Å². The van der Waals surface area contributed by atoms with Gasteiger partial charge in [0.2, 0.25) is 0 Å². The molecule has 0 aliphatic rings. The Hall–Kier alpha value is -0.883. The molecule has 0 aliphatic heterocycles. The number of hydrogen-bond acceptors (Lipinski definition) is 5. The van der Waals surface area contributed by atoms with Crippen LogP contribution in [0.2, 0.25) is 6.55 Å². The Balaban J connectivity index is 4.63. The summed E-state index contributed by atoms with van der Waals surface area (Å²) in [4.78, 5) is 0. The fourth-order valence-corrected chi connectivity index (χ4v) is 1.41. The van der Waals surface area contributed by atoms with E-state index in [4.69, 9.17) is 13.5 Å². The Kier molecular flexibility index (Phi) is 7.16. The van der Waals surface area contributed by atoms with Crippen LogP contribution in [0.1, 0.15) is 41.5 Å². The van der Waals surface area contributed by atoms with Crippen molar-refractivity contribution >= 4 is 20.2 Å². The molecule has 0 unspecified atom stereocenters. The molecule has 18 heavy (non-hydrogen) atoms. The van der Waals surface area contributed by atoms with Gasteiger partial charge < -0.3 is 13.5 Å². The minimum absolute atomic E-state index is 0.334. The summed E-state index contributed by atoms with van der Waals surface area (Å²) in [6, 6.07) is 0. The van der Waals surface area contributed by atoms with Crippen molar-refractivity contribution < 1.29 is 13.5 Å².